The Balaban J connectivity index is 1.67. The maximum absolute atomic E-state index is 4.58. The minimum atomic E-state index is 1.07. The van der Waals surface area contributed by atoms with Crippen LogP contribution in [-0.2, 0) is 0 Å². The Labute approximate surface area is 146 Å². The number of nitrogens with zero attached hydrogens (tertiary/aromatic N) is 2. The maximum atomic E-state index is 4.58. The Morgan fingerprint density at radius 1 is 0.875 bits per heavy atom. The second-order valence-electron chi connectivity index (χ2n) is 6.09. The summed E-state index contributed by atoms with van der Waals surface area (Å²) in [5.41, 5.74) is 5.99. The van der Waals surface area contributed by atoms with Crippen molar-refractivity contribution in [2.75, 3.05) is 19.0 Å². The number of rotatable bonds is 3. The van der Waals surface area contributed by atoms with Gasteiger partial charge in [0.2, 0.25) is 0 Å². The van der Waals surface area contributed by atoms with Crippen molar-refractivity contribution in [2.45, 2.75) is 0 Å². The normalized spacial score (nSPS) is 11.6. The van der Waals surface area contributed by atoms with Gasteiger partial charge in [-0.25, -0.2) is 0 Å². The van der Waals surface area contributed by atoms with Crippen LogP contribution in [0.3, 0.4) is 0 Å². The van der Waals surface area contributed by atoms with Gasteiger partial charge in [-0.3, -0.25) is 0 Å². The van der Waals surface area contributed by atoms with Gasteiger partial charge in [0, 0.05) is 30.7 Å². The van der Waals surface area contributed by atoms with Crippen LogP contribution >= 0.6 is 11.5 Å². The topological polar surface area (TPSA) is 16.1 Å². The predicted molar refractivity (Wildman–Crippen MR) is 106 cm³/mol. The molecule has 0 spiro atoms. The summed E-state index contributed by atoms with van der Waals surface area (Å²) in [5.74, 6) is 0. The van der Waals surface area contributed by atoms with Crippen molar-refractivity contribution in [1.82, 2.24) is 4.37 Å². The first-order valence-corrected chi connectivity index (χ1v) is 8.72. The van der Waals surface area contributed by atoms with Gasteiger partial charge in [0.15, 0.2) is 0 Å². The van der Waals surface area contributed by atoms with Crippen LogP contribution in [0, 0.1) is 0 Å². The molecule has 0 saturated carbocycles. The standard InChI is InChI=1S/C21H18N2S/c1-23(2)17-11-9-15(10-12-17)7-8-16-13-19-18-5-3-4-6-20(18)22-24-21(19)14-16/h3-14H,1-2H3. The van der Waals surface area contributed by atoms with E-state index in [1.165, 1.54) is 32.6 Å². The summed E-state index contributed by atoms with van der Waals surface area (Å²) in [7, 11) is 4.11. The van der Waals surface area contributed by atoms with Crippen molar-refractivity contribution in [2.24, 2.45) is 0 Å². The molecule has 0 aromatic heterocycles. The SMILES string of the molecule is CN(C)c1ccc(C=Cc2cc3snc4ccccc4c-3c2)cc1. The second-order valence-corrected chi connectivity index (χ2v) is 6.89. The summed E-state index contributed by atoms with van der Waals surface area (Å²) in [6, 6.07) is 21.4. The first-order chi connectivity index (χ1) is 11.7. The van der Waals surface area contributed by atoms with Crippen LogP contribution < -0.4 is 4.90 Å². The molecule has 2 aromatic carbocycles. The molecule has 0 atom stereocenters. The number of benzene rings is 2. The third-order valence-electron chi connectivity index (χ3n) is 4.19. The molecule has 1 heterocycles. The third kappa shape index (κ3) is 2.79. The van der Waals surface area contributed by atoms with Gasteiger partial charge >= 0.3 is 0 Å². The van der Waals surface area contributed by atoms with Gasteiger partial charge in [-0.05, 0) is 53.0 Å². The van der Waals surface area contributed by atoms with Gasteiger partial charge in [-0.2, -0.15) is 4.37 Å². The number of hydrogen-bond donors (Lipinski definition) is 0. The van der Waals surface area contributed by atoms with E-state index < -0.39 is 0 Å². The first-order valence-electron chi connectivity index (χ1n) is 7.94. The van der Waals surface area contributed by atoms with E-state index in [1.54, 1.807) is 11.5 Å². The van der Waals surface area contributed by atoms with Crippen molar-refractivity contribution in [3.63, 3.8) is 0 Å². The van der Waals surface area contributed by atoms with Crippen LogP contribution in [0.2, 0.25) is 0 Å². The van der Waals surface area contributed by atoms with Crippen LogP contribution in [-0.4, -0.2) is 18.5 Å². The zero-order valence-electron chi connectivity index (χ0n) is 13.7. The van der Waals surface area contributed by atoms with Crippen molar-refractivity contribution in [3.8, 4) is 10.4 Å². The number of aromatic nitrogens is 1. The summed E-state index contributed by atoms with van der Waals surface area (Å²) in [4.78, 5) is 3.34. The molecular formula is C21H18N2S. The van der Waals surface area contributed by atoms with E-state index in [1.807, 2.05) is 6.07 Å². The molecule has 2 nitrogen and oxygen atoms in total. The molecular weight excluding hydrogens is 312 g/mol. The number of hydrogen-bond acceptors (Lipinski definition) is 3. The quantitative estimate of drug-likeness (QED) is 0.483. The molecule has 0 amide bonds. The summed E-state index contributed by atoms with van der Waals surface area (Å²) in [6.07, 6.45) is 4.33. The smallest absolute Gasteiger partial charge is 0.0838 e. The zero-order chi connectivity index (χ0) is 16.5. The summed E-state index contributed by atoms with van der Waals surface area (Å²) in [5, 5.41) is 1.22. The van der Waals surface area contributed by atoms with Crippen LogP contribution in [0.4, 0.5) is 5.69 Å². The minimum absolute atomic E-state index is 1.07. The Hall–Kier alpha value is -2.65. The van der Waals surface area contributed by atoms with Gasteiger partial charge in [0.25, 0.3) is 0 Å². The Kier molecular flexibility index (Phi) is 3.79. The summed E-state index contributed by atoms with van der Waals surface area (Å²) >= 11 is 1.56. The average Bonchev–Trinajstić information content (AvgIpc) is 3.04. The van der Waals surface area contributed by atoms with E-state index in [0.717, 1.165) is 5.52 Å². The molecule has 118 valence electrons. The van der Waals surface area contributed by atoms with Crippen molar-refractivity contribution in [3.05, 3.63) is 71.8 Å². The lowest BCUT2D eigenvalue weighted by atomic mass is 10.1. The minimum Gasteiger partial charge on any atom is -0.378 e. The van der Waals surface area contributed by atoms with Crippen molar-refractivity contribution in [1.29, 1.82) is 0 Å². The third-order valence-corrected chi connectivity index (χ3v) is 5.01. The molecule has 1 aliphatic carbocycles. The van der Waals surface area contributed by atoms with Crippen LogP contribution in [0.1, 0.15) is 11.1 Å². The molecule has 3 heteroatoms. The van der Waals surface area contributed by atoms with E-state index in [0.29, 0.717) is 0 Å². The molecule has 0 N–H and O–H groups in total. The molecule has 1 aliphatic heterocycles. The Bertz CT molecular complexity index is 980. The zero-order valence-corrected chi connectivity index (χ0v) is 14.5. The second kappa shape index (κ2) is 6.10. The van der Waals surface area contributed by atoms with Crippen LogP contribution in [0.15, 0.2) is 60.7 Å². The molecule has 0 saturated heterocycles. The fourth-order valence-corrected chi connectivity index (χ4v) is 3.66. The average molecular weight is 330 g/mol. The van der Waals surface area contributed by atoms with Gasteiger partial charge in [-0.1, -0.05) is 42.5 Å². The highest BCUT2D eigenvalue weighted by atomic mass is 32.1. The van der Waals surface area contributed by atoms with E-state index in [2.05, 4.69) is 90.1 Å². The maximum Gasteiger partial charge on any atom is 0.0838 e. The van der Waals surface area contributed by atoms with Gasteiger partial charge in [-0.15, -0.1) is 0 Å². The summed E-state index contributed by atoms with van der Waals surface area (Å²) < 4.78 is 4.58. The lowest BCUT2D eigenvalue weighted by Crippen LogP contribution is -2.07. The summed E-state index contributed by atoms with van der Waals surface area (Å²) in [6.45, 7) is 0. The van der Waals surface area contributed by atoms with Gasteiger partial charge in [0.1, 0.15) is 0 Å². The van der Waals surface area contributed by atoms with Gasteiger partial charge < -0.3 is 4.90 Å². The highest BCUT2D eigenvalue weighted by molar-refractivity contribution is 7.10. The molecule has 0 unspecified atom stereocenters. The first kappa shape index (κ1) is 14.9. The number of fused-ring (bicyclic) bond motifs is 3. The van der Waals surface area contributed by atoms with Crippen molar-refractivity contribution >= 4 is 40.3 Å². The molecule has 0 radical (unpaired) electrons. The fourth-order valence-electron chi connectivity index (χ4n) is 2.85. The molecule has 0 bridgehead atoms. The van der Waals surface area contributed by atoms with E-state index in [-0.39, 0.29) is 0 Å². The van der Waals surface area contributed by atoms with Crippen LogP contribution in [0.25, 0.3) is 33.5 Å². The molecule has 2 aromatic rings. The highest BCUT2D eigenvalue weighted by Crippen LogP contribution is 2.35. The van der Waals surface area contributed by atoms with E-state index in [4.69, 9.17) is 0 Å². The Morgan fingerprint density at radius 3 is 2.42 bits per heavy atom. The molecule has 2 aliphatic rings. The monoisotopic (exact) mass is 330 g/mol. The molecule has 4 rings (SSSR count). The fraction of sp³-hybridized carbons (Fsp3) is 0.0952. The van der Waals surface area contributed by atoms with Gasteiger partial charge in [0.05, 0.1) is 10.4 Å². The van der Waals surface area contributed by atoms with E-state index >= 15 is 0 Å². The van der Waals surface area contributed by atoms with E-state index in [9.17, 15) is 0 Å². The highest BCUT2D eigenvalue weighted by Gasteiger charge is 2.10. The number of anilines is 1. The van der Waals surface area contributed by atoms with Crippen LogP contribution in [0.5, 0.6) is 0 Å². The predicted octanol–water partition coefficient (Wildman–Crippen LogP) is 5.64. The van der Waals surface area contributed by atoms with Crippen molar-refractivity contribution < 1.29 is 0 Å². The Morgan fingerprint density at radius 2 is 1.62 bits per heavy atom. The molecule has 24 heavy (non-hydrogen) atoms. The largest absolute Gasteiger partial charge is 0.378 e. The lowest BCUT2D eigenvalue weighted by molar-refractivity contribution is 1.13. The molecule has 0 fully saturated rings. The lowest BCUT2D eigenvalue weighted by Gasteiger charge is -2.11.